The number of carbonyl (C=O) groups is 3. The van der Waals surface area contributed by atoms with Crippen LogP contribution in [0.25, 0.3) is 0 Å². The zero-order valence-corrected chi connectivity index (χ0v) is 23.5. The van der Waals surface area contributed by atoms with Crippen molar-refractivity contribution in [1.82, 2.24) is 15.1 Å². The molecule has 2 aliphatic rings. The third-order valence-corrected chi connectivity index (χ3v) is 9.34. The molecule has 5 rings (SSSR count). The lowest BCUT2D eigenvalue weighted by molar-refractivity contribution is -0.168. The Labute approximate surface area is 237 Å². The molecule has 2 aliphatic heterocycles. The summed E-state index contributed by atoms with van der Waals surface area (Å²) in [6.45, 7) is 6.02. The number of hydrogen-bond acceptors (Lipinski definition) is 5. The van der Waals surface area contributed by atoms with E-state index in [0.717, 1.165) is 16.7 Å². The number of fused-ring (bicyclic) bond motifs is 1. The maximum Gasteiger partial charge on any atom is 0.255 e. The van der Waals surface area contributed by atoms with Crippen molar-refractivity contribution in [2.75, 3.05) is 5.88 Å². The van der Waals surface area contributed by atoms with Crippen LogP contribution in [0.2, 0.25) is 0 Å². The van der Waals surface area contributed by atoms with Gasteiger partial charge in [0.05, 0.1) is 11.9 Å². The monoisotopic (exact) mass is 561 g/mol. The molecule has 40 heavy (non-hydrogen) atoms. The van der Waals surface area contributed by atoms with E-state index in [1.54, 1.807) is 11.8 Å². The van der Waals surface area contributed by atoms with Gasteiger partial charge in [0.25, 0.3) is 11.8 Å². The van der Waals surface area contributed by atoms with Crippen LogP contribution < -0.4 is 5.32 Å². The van der Waals surface area contributed by atoms with Crippen LogP contribution in [0, 0.1) is 19.7 Å². The second kappa shape index (κ2) is 11.1. The lowest BCUT2D eigenvalue weighted by atomic mass is 9.91. The Morgan fingerprint density at radius 3 is 2.48 bits per heavy atom. The fourth-order valence-electron chi connectivity index (χ4n) is 5.49. The highest BCUT2D eigenvalue weighted by molar-refractivity contribution is 8.01. The number of likely N-dealkylation sites (tertiary alicyclic amines) is 1. The predicted molar refractivity (Wildman–Crippen MR) is 152 cm³/mol. The lowest BCUT2D eigenvalue weighted by Gasteiger charge is -2.53. The minimum Gasteiger partial charge on any atom is -0.381 e. The van der Waals surface area contributed by atoms with E-state index >= 15 is 0 Å². The second-order valence-electron chi connectivity index (χ2n) is 10.6. The Bertz CT molecular complexity index is 1450. The molecular weight excluding hydrogens is 529 g/mol. The maximum absolute atomic E-state index is 13.7. The number of halogens is 1. The van der Waals surface area contributed by atoms with E-state index in [0.29, 0.717) is 12.1 Å². The summed E-state index contributed by atoms with van der Waals surface area (Å²) < 4.78 is 13.6. The quantitative estimate of drug-likeness (QED) is 0.409. The molecule has 2 N–H and O–H groups in total. The van der Waals surface area contributed by atoms with E-state index in [1.165, 1.54) is 34.9 Å². The van der Waals surface area contributed by atoms with Gasteiger partial charge in [-0.1, -0.05) is 54.6 Å². The summed E-state index contributed by atoms with van der Waals surface area (Å²) in [6.07, 6.45) is -1.40. The summed E-state index contributed by atoms with van der Waals surface area (Å²) in [6, 6.07) is 19.3. The number of rotatable bonds is 8. The van der Waals surface area contributed by atoms with Crippen LogP contribution in [0.15, 0.2) is 72.8 Å². The normalized spacial score (nSPS) is 21.4. The number of aliphatic hydroxyl groups excluding tert-OH is 1. The molecule has 3 aromatic carbocycles. The number of aryl methyl sites for hydroxylation is 2. The van der Waals surface area contributed by atoms with Crippen molar-refractivity contribution in [3.05, 3.63) is 106 Å². The molecule has 1 unspecified atom stereocenters. The molecule has 3 aromatic rings. The van der Waals surface area contributed by atoms with E-state index in [4.69, 9.17) is 0 Å². The number of thioether (sulfide) groups is 1. The Hall–Kier alpha value is -3.69. The van der Waals surface area contributed by atoms with Crippen LogP contribution >= 0.6 is 11.8 Å². The van der Waals surface area contributed by atoms with Crippen LogP contribution in [-0.2, 0) is 22.6 Å². The molecule has 208 valence electrons. The summed E-state index contributed by atoms with van der Waals surface area (Å²) >= 11 is 1.49. The highest BCUT2D eigenvalue weighted by Gasteiger charge is 2.65. The third-order valence-electron chi connectivity index (χ3n) is 7.91. The molecule has 0 bridgehead atoms. The fraction of sp³-hybridized carbons (Fsp3) is 0.323. The number of aliphatic hydroxyl groups is 1. The van der Waals surface area contributed by atoms with Gasteiger partial charge in [-0.25, -0.2) is 4.39 Å². The molecule has 7 nitrogen and oxygen atoms in total. The summed E-state index contributed by atoms with van der Waals surface area (Å²) in [7, 11) is 0. The van der Waals surface area contributed by atoms with Gasteiger partial charge in [-0.3, -0.25) is 14.4 Å². The molecule has 0 radical (unpaired) electrons. The van der Waals surface area contributed by atoms with Gasteiger partial charge in [0, 0.05) is 12.1 Å². The van der Waals surface area contributed by atoms with Crippen LogP contribution in [-0.4, -0.2) is 61.6 Å². The molecule has 0 aromatic heterocycles. The first-order chi connectivity index (χ1) is 19.1. The van der Waals surface area contributed by atoms with Crippen LogP contribution in [0.4, 0.5) is 4.39 Å². The molecule has 3 amide bonds. The fourth-order valence-corrected chi connectivity index (χ4v) is 6.87. The van der Waals surface area contributed by atoms with Crippen LogP contribution in [0.1, 0.15) is 39.5 Å². The standard InChI is InChI=1S/C31H32FN3O4S/c1-19-9-7-8-12-22(19)17-35-30(39)27-31(35,3)40-18-34(27)29(38)26(36)25(16-21-10-5-4-6-11-21)33-28(37)24-14-13-23(32)15-20(24)2/h4-15,25-27,36H,16-18H2,1-3H3,(H,33,37)/t25-,26-,27+,31?/m0/s1. The van der Waals surface area contributed by atoms with Crippen molar-refractivity contribution >= 4 is 29.5 Å². The first-order valence-corrected chi connectivity index (χ1v) is 14.2. The Balaban J connectivity index is 1.35. The van der Waals surface area contributed by atoms with Gasteiger partial charge in [0.1, 0.15) is 16.7 Å². The molecule has 4 atom stereocenters. The SMILES string of the molecule is Cc1ccccc1CN1C(=O)[C@H]2N(C(=O)[C@@H](O)[C@H](Cc3ccccc3)NC(=O)c3ccc(F)cc3C)CSC21C. The summed E-state index contributed by atoms with van der Waals surface area (Å²) in [4.78, 5) is 42.8. The molecule has 2 heterocycles. The summed E-state index contributed by atoms with van der Waals surface area (Å²) in [5.41, 5.74) is 3.65. The molecule has 9 heteroatoms. The number of carbonyl (C=O) groups excluding carboxylic acids is 3. The topological polar surface area (TPSA) is 90.0 Å². The maximum atomic E-state index is 13.7. The van der Waals surface area contributed by atoms with Crippen LogP contribution in [0.3, 0.4) is 0 Å². The smallest absolute Gasteiger partial charge is 0.255 e. The Morgan fingerprint density at radius 1 is 1.07 bits per heavy atom. The van der Waals surface area contributed by atoms with Gasteiger partial charge in [-0.05, 0) is 67.6 Å². The molecule has 0 saturated carbocycles. The molecule has 0 spiro atoms. The first kappa shape index (κ1) is 27.9. The number of amides is 3. The zero-order valence-electron chi connectivity index (χ0n) is 22.6. The number of hydrogen-bond donors (Lipinski definition) is 2. The van der Waals surface area contributed by atoms with E-state index in [9.17, 15) is 23.9 Å². The molecule has 0 aliphatic carbocycles. The Morgan fingerprint density at radius 2 is 1.77 bits per heavy atom. The number of benzene rings is 3. The van der Waals surface area contributed by atoms with E-state index in [1.807, 2.05) is 68.4 Å². The minimum absolute atomic E-state index is 0.165. The average Bonchev–Trinajstić information content (AvgIpc) is 3.25. The van der Waals surface area contributed by atoms with Crippen LogP contribution in [0.5, 0.6) is 0 Å². The van der Waals surface area contributed by atoms with Crippen molar-refractivity contribution in [2.45, 2.75) is 56.8 Å². The van der Waals surface area contributed by atoms with Gasteiger partial charge in [-0.15, -0.1) is 11.8 Å². The molecule has 2 fully saturated rings. The number of β-lactam (4-membered cyclic amide) rings is 1. The molecular formula is C31H32FN3O4S. The third kappa shape index (κ3) is 5.11. The first-order valence-electron chi connectivity index (χ1n) is 13.2. The van der Waals surface area contributed by atoms with E-state index in [2.05, 4.69) is 5.32 Å². The van der Waals surface area contributed by atoms with Crippen molar-refractivity contribution in [1.29, 1.82) is 0 Å². The van der Waals surface area contributed by atoms with Crippen molar-refractivity contribution in [3.8, 4) is 0 Å². The van der Waals surface area contributed by atoms with Gasteiger partial charge >= 0.3 is 0 Å². The van der Waals surface area contributed by atoms with E-state index in [-0.39, 0.29) is 23.8 Å². The predicted octanol–water partition coefficient (Wildman–Crippen LogP) is 3.80. The lowest BCUT2D eigenvalue weighted by Crippen LogP contribution is -2.73. The highest BCUT2D eigenvalue weighted by Crippen LogP contribution is 2.51. The van der Waals surface area contributed by atoms with Gasteiger partial charge in [-0.2, -0.15) is 0 Å². The highest BCUT2D eigenvalue weighted by atomic mass is 32.2. The van der Waals surface area contributed by atoms with Gasteiger partial charge < -0.3 is 20.2 Å². The number of nitrogens with zero attached hydrogens (tertiary/aromatic N) is 2. The molecule has 2 saturated heterocycles. The second-order valence-corrected chi connectivity index (χ2v) is 11.9. The van der Waals surface area contributed by atoms with Crippen molar-refractivity contribution in [2.24, 2.45) is 0 Å². The summed E-state index contributed by atoms with van der Waals surface area (Å²) in [5, 5.41) is 14.1. The zero-order chi connectivity index (χ0) is 28.6. The summed E-state index contributed by atoms with van der Waals surface area (Å²) in [5.74, 6) is -1.50. The largest absolute Gasteiger partial charge is 0.381 e. The minimum atomic E-state index is -1.59. The van der Waals surface area contributed by atoms with E-state index < -0.39 is 40.7 Å². The van der Waals surface area contributed by atoms with Crippen molar-refractivity contribution in [3.63, 3.8) is 0 Å². The van der Waals surface area contributed by atoms with Gasteiger partial charge in [0.15, 0.2) is 6.10 Å². The number of nitrogens with one attached hydrogen (secondary N) is 1. The Kier molecular flexibility index (Phi) is 7.70. The average molecular weight is 562 g/mol. The van der Waals surface area contributed by atoms with Gasteiger partial charge in [0.2, 0.25) is 5.91 Å². The van der Waals surface area contributed by atoms with Crippen molar-refractivity contribution < 1.29 is 23.9 Å².